The van der Waals surface area contributed by atoms with Crippen molar-refractivity contribution < 1.29 is 29.7 Å². The Kier molecular flexibility index (Phi) is 9.91. The molecule has 0 rings (SSSR count). The van der Waals surface area contributed by atoms with Gasteiger partial charge in [0.2, 0.25) is 0 Å². The van der Waals surface area contributed by atoms with Crippen molar-refractivity contribution in [1.82, 2.24) is 0 Å². The summed E-state index contributed by atoms with van der Waals surface area (Å²) in [6.45, 7) is -0.889. The highest BCUT2D eigenvalue weighted by Gasteiger charge is 1.66. The number of hydrogen-bond donors (Lipinski definition) is 1. The van der Waals surface area contributed by atoms with Gasteiger partial charge < -0.3 is 38.3 Å². The van der Waals surface area contributed by atoms with Gasteiger partial charge in [-0.2, -0.15) is 0 Å². The maximum absolute atomic E-state index is 9.01. The molecule has 0 aliphatic heterocycles. The number of aliphatic hydroxyl groups is 1. The average molecular weight is 154 g/mol. The normalized spacial score (nSPS) is 8.11. The molecule has 56 valence electrons. The second-order valence-electron chi connectivity index (χ2n) is 0.754. The van der Waals surface area contributed by atoms with Crippen LogP contribution in [0.15, 0.2) is 0 Å². The molecule has 0 aliphatic rings. The van der Waals surface area contributed by atoms with Gasteiger partial charge in [0, 0.05) is 0 Å². The first-order valence-corrected chi connectivity index (χ1v) is 2.72. The zero-order chi connectivity index (χ0) is 7.86. The minimum Gasteiger partial charge on any atom is -0.854 e. The quantitative estimate of drug-likeness (QED) is 0.376. The average Bonchev–Trinajstić information content (AvgIpc) is 1.65. The van der Waals surface area contributed by atoms with Crippen molar-refractivity contribution >= 4 is 14.6 Å². The van der Waals surface area contributed by atoms with E-state index in [1.807, 2.05) is 0 Å². The standard InChI is InChI=1S/C2H4O3.O3P/c3-1-2(4)5;1-4(2)3/h3H,1H2,(H,4,5);/q;-3/p-1. The van der Waals surface area contributed by atoms with Crippen LogP contribution in [0.3, 0.4) is 0 Å². The molecule has 0 unspecified atom stereocenters. The third-order valence-corrected chi connectivity index (χ3v) is 0.129. The minimum absolute atomic E-state index is 0.889. The number of hydrogen-bond acceptors (Lipinski definition) is 6. The van der Waals surface area contributed by atoms with Crippen molar-refractivity contribution in [2.45, 2.75) is 0 Å². The summed E-state index contributed by atoms with van der Waals surface area (Å²) in [4.78, 5) is 34.5. The van der Waals surface area contributed by atoms with Crippen LogP contribution in [0.5, 0.6) is 0 Å². The lowest BCUT2D eigenvalue weighted by atomic mass is 10.8. The van der Waals surface area contributed by atoms with Gasteiger partial charge in [0.05, 0.1) is 12.6 Å². The van der Waals surface area contributed by atoms with Crippen LogP contribution in [-0.4, -0.2) is 17.7 Å². The Morgan fingerprint density at radius 3 is 1.56 bits per heavy atom. The lowest BCUT2D eigenvalue weighted by Gasteiger charge is -2.39. The van der Waals surface area contributed by atoms with Crippen LogP contribution >= 0.6 is 8.60 Å². The van der Waals surface area contributed by atoms with Crippen LogP contribution in [0, 0.1) is 0 Å². The van der Waals surface area contributed by atoms with Crippen molar-refractivity contribution in [2.24, 2.45) is 0 Å². The molecule has 0 heterocycles. The molecule has 0 amide bonds. The molecule has 0 saturated carbocycles. The van der Waals surface area contributed by atoms with Gasteiger partial charge in [0.25, 0.3) is 0 Å². The van der Waals surface area contributed by atoms with E-state index in [4.69, 9.17) is 29.7 Å². The van der Waals surface area contributed by atoms with Gasteiger partial charge in [-0.15, -0.1) is 0 Å². The van der Waals surface area contributed by atoms with Gasteiger partial charge >= 0.3 is 0 Å². The molecule has 9 heavy (non-hydrogen) atoms. The van der Waals surface area contributed by atoms with Crippen LogP contribution in [0.1, 0.15) is 0 Å². The Labute approximate surface area is 52.0 Å². The Morgan fingerprint density at radius 2 is 1.56 bits per heavy atom. The lowest BCUT2D eigenvalue weighted by Crippen LogP contribution is -2.25. The first kappa shape index (κ1) is 11.5. The Bertz CT molecular complexity index is 68.7. The molecule has 1 N–H and O–H groups in total. The van der Waals surface area contributed by atoms with E-state index in [0.29, 0.717) is 0 Å². The second kappa shape index (κ2) is 7.74. The van der Waals surface area contributed by atoms with E-state index >= 15 is 0 Å². The SMILES string of the molecule is O=C([O-])CO.[O-]P([O-])[O-]. The molecule has 0 atom stereocenters. The first-order chi connectivity index (χ1) is 4.00. The fourth-order valence-electron chi connectivity index (χ4n) is 0. The van der Waals surface area contributed by atoms with E-state index < -0.39 is 21.2 Å². The summed E-state index contributed by atoms with van der Waals surface area (Å²) < 4.78 is 0. The number of rotatable bonds is 1. The van der Waals surface area contributed by atoms with Crippen LogP contribution in [0.4, 0.5) is 0 Å². The van der Waals surface area contributed by atoms with Crippen molar-refractivity contribution in [1.29, 1.82) is 0 Å². The number of carbonyl (C=O) groups is 1. The molecule has 6 nitrogen and oxygen atoms in total. The molecule has 0 aromatic carbocycles. The minimum atomic E-state index is -3.37. The van der Waals surface area contributed by atoms with E-state index in [-0.39, 0.29) is 0 Å². The molecular weight excluding hydrogens is 151 g/mol. The third-order valence-electron chi connectivity index (χ3n) is 0.129. The van der Waals surface area contributed by atoms with Gasteiger partial charge in [0.15, 0.2) is 0 Å². The highest BCUT2D eigenvalue weighted by molar-refractivity contribution is 7.33. The lowest BCUT2D eigenvalue weighted by molar-refractivity contribution is -0.407. The highest BCUT2D eigenvalue weighted by atomic mass is 31.2. The Morgan fingerprint density at radius 1 is 1.44 bits per heavy atom. The van der Waals surface area contributed by atoms with Crippen LogP contribution in [-0.2, 0) is 4.79 Å². The predicted molar refractivity (Wildman–Crippen MR) is 19.0 cm³/mol. The summed E-state index contributed by atoms with van der Waals surface area (Å²) in [5.41, 5.74) is 0. The fourth-order valence-corrected chi connectivity index (χ4v) is 0. The number of carbonyl (C=O) groups excluding carboxylic acids is 1. The van der Waals surface area contributed by atoms with E-state index in [9.17, 15) is 0 Å². The molecule has 0 aromatic heterocycles. The first-order valence-electron chi connectivity index (χ1n) is 1.63. The molecule has 0 aliphatic carbocycles. The maximum atomic E-state index is 9.01. The fraction of sp³-hybridized carbons (Fsp3) is 0.500. The van der Waals surface area contributed by atoms with E-state index in [2.05, 4.69) is 0 Å². The summed E-state index contributed by atoms with van der Waals surface area (Å²) in [5, 5.41) is 16.5. The van der Waals surface area contributed by atoms with Gasteiger partial charge in [-0.25, -0.2) is 0 Å². The van der Waals surface area contributed by atoms with Crippen molar-refractivity contribution in [3.8, 4) is 0 Å². The molecule has 7 heteroatoms. The zero-order valence-electron chi connectivity index (χ0n) is 4.14. The van der Waals surface area contributed by atoms with Gasteiger partial charge in [-0.1, -0.05) is 0 Å². The van der Waals surface area contributed by atoms with Gasteiger partial charge in [0.1, 0.15) is 0 Å². The molecular formula is C2H3O6P-4. The highest BCUT2D eigenvalue weighted by Crippen LogP contribution is 1.85. The number of carboxylic acid groups (broad SMARTS) is 1. The summed E-state index contributed by atoms with van der Waals surface area (Å²) >= 11 is 0. The number of carboxylic acids is 1. The second-order valence-corrected chi connectivity index (χ2v) is 1.20. The summed E-state index contributed by atoms with van der Waals surface area (Å²) in [5.74, 6) is -1.44. The van der Waals surface area contributed by atoms with Gasteiger partial charge in [-0.05, 0) is 0 Å². The van der Waals surface area contributed by atoms with Gasteiger partial charge in [-0.3, -0.25) is 0 Å². The largest absolute Gasteiger partial charge is 0.854 e. The molecule has 0 aromatic rings. The van der Waals surface area contributed by atoms with Crippen molar-refractivity contribution in [3.05, 3.63) is 0 Å². The Balaban J connectivity index is 0. The number of aliphatic carboxylic acids is 1. The van der Waals surface area contributed by atoms with E-state index in [1.54, 1.807) is 0 Å². The zero-order valence-corrected chi connectivity index (χ0v) is 5.04. The summed E-state index contributed by atoms with van der Waals surface area (Å²) in [6, 6.07) is 0. The maximum Gasteiger partial charge on any atom is 0.0826 e. The predicted octanol–water partition coefficient (Wildman–Crippen LogP) is -4.98. The number of aliphatic hydroxyl groups excluding tert-OH is 1. The molecule has 0 radical (unpaired) electrons. The molecule has 0 saturated heterocycles. The summed E-state index contributed by atoms with van der Waals surface area (Å²) in [7, 11) is -3.37. The van der Waals surface area contributed by atoms with Crippen molar-refractivity contribution in [2.75, 3.05) is 6.61 Å². The van der Waals surface area contributed by atoms with E-state index in [1.165, 1.54) is 0 Å². The van der Waals surface area contributed by atoms with Crippen LogP contribution in [0.2, 0.25) is 0 Å². The summed E-state index contributed by atoms with van der Waals surface area (Å²) in [6.07, 6.45) is 0. The monoisotopic (exact) mass is 154 g/mol. The smallest absolute Gasteiger partial charge is 0.0826 e. The molecule has 0 bridgehead atoms. The third kappa shape index (κ3) is 84.2. The van der Waals surface area contributed by atoms with Crippen molar-refractivity contribution in [3.63, 3.8) is 0 Å². The van der Waals surface area contributed by atoms with E-state index in [0.717, 1.165) is 0 Å². The molecule has 0 fully saturated rings. The topological polar surface area (TPSA) is 130 Å². The Hall–Kier alpha value is -0.260. The van der Waals surface area contributed by atoms with Crippen LogP contribution < -0.4 is 19.8 Å². The van der Waals surface area contributed by atoms with Crippen LogP contribution in [0.25, 0.3) is 0 Å². The molecule has 0 spiro atoms.